The molecule has 2 aliphatic rings. The number of rotatable bonds is 4. The first kappa shape index (κ1) is 20.5. The number of piperidine rings is 1. The molecule has 7 heteroatoms. The van der Waals surface area contributed by atoms with Gasteiger partial charge >= 0.3 is 12.1 Å². The molecule has 1 spiro atoms. The highest BCUT2D eigenvalue weighted by atomic mass is 16.6. The van der Waals surface area contributed by atoms with Gasteiger partial charge in [-0.25, -0.2) is 9.59 Å². The summed E-state index contributed by atoms with van der Waals surface area (Å²) in [4.78, 5) is 40.9. The number of carbonyl (C=O) groups excluding carboxylic acids is 2. The molecule has 0 aromatic carbocycles. The molecule has 0 saturated carbocycles. The molecule has 2 aliphatic heterocycles. The van der Waals surface area contributed by atoms with E-state index in [4.69, 9.17) is 4.74 Å². The van der Waals surface area contributed by atoms with Crippen LogP contribution >= 0.6 is 0 Å². The van der Waals surface area contributed by atoms with E-state index in [2.05, 4.69) is 0 Å². The predicted octanol–water partition coefficient (Wildman–Crippen LogP) is 2.88. The van der Waals surface area contributed by atoms with Gasteiger partial charge in [0.25, 0.3) is 0 Å². The highest BCUT2D eigenvalue weighted by molar-refractivity contribution is 5.94. The van der Waals surface area contributed by atoms with Crippen LogP contribution in [0.2, 0.25) is 0 Å². The minimum atomic E-state index is -0.981. The molecular weight excluding hydrogens is 336 g/mol. The van der Waals surface area contributed by atoms with Crippen molar-refractivity contribution in [1.82, 2.24) is 9.80 Å². The third-order valence-electron chi connectivity index (χ3n) is 5.11. The summed E-state index contributed by atoms with van der Waals surface area (Å²) < 4.78 is 5.51. The maximum atomic E-state index is 13.4. The van der Waals surface area contributed by atoms with Crippen LogP contribution < -0.4 is 0 Å². The standard InChI is InChI=1S/C19H32N2O5/c1-13(2)12-14(15(22)23)20-10-6-8-19(16(20)24)9-7-11-21(19)17(25)26-18(3,4)5/h13-14H,6-12H2,1-5H3,(H,22,23)/t14?,19-/m0/s1. The van der Waals surface area contributed by atoms with E-state index < -0.39 is 29.2 Å². The van der Waals surface area contributed by atoms with Crippen LogP contribution in [-0.4, -0.2) is 63.1 Å². The molecule has 0 aliphatic carbocycles. The fraction of sp³-hybridized carbons (Fsp3) is 0.842. The van der Waals surface area contributed by atoms with Crippen LogP contribution in [0, 0.1) is 5.92 Å². The molecule has 2 atom stereocenters. The Hall–Kier alpha value is -1.79. The Morgan fingerprint density at radius 3 is 2.27 bits per heavy atom. The summed E-state index contributed by atoms with van der Waals surface area (Å²) in [6.45, 7) is 10.2. The number of carboxylic acids is 1. The summed E-state index contributed by atoms with van der Waals surface area (Å²) in [6, 6.07) is -0.847. The highest BCUT2D eigenvalue weighted by Gasteiger charge is 2.55. The lowest BCUT2D eigenvalue weighted by Gasteiger charge is -2.46. The average Bonchev–Trinajstić information content (AvgIpc) is 2.91. The van der Waals surface area contributed by atoms with Crippen LogP contribution in [0.1, 0.15) is 66.7 Å². The van der Waals surface area contributed by atoms with Crippen LogP contribution in [0.4, 0.5) is 4.79 Å². The molecule has 2 amide bonds. The highest BCUT2D eigenvalue weighted by Crippen LogP contribution is 2.40. The first-order chi connectivity index (χ1) is 12.0. The predicted molar refractivity (Wildman–Crippen MR) is 96.7 cm³/mol. The lowest BCUT2D eigenvalue weighted by atomic mass is 9.84. The summed E-state index contributed by atoms with van der Waals surface area (Å²) in [6.07, 6.45) is 2.46. The maximum absolute atomic E-state index is 13.4. The van der Waals surface area contributed by atoms with Crippen molar-refractivity contribution in [3.05, 3.63) is 0 Å². The first-order valence-corrected chi connectivity index (χ1v) is 9.52. The minimum Gasteiger partial charge on any atom is -0.480 e. The molecule has 26 heavy (non-hydrogen) atoms. The fourth-order valence-electron chi connectivity index (χ4n) is 4.07. The van der Waals surface area contributed by atoms with Gasteiger partial charge in [0.15, 0.2) is 0 Å². The van der Waals surface area contributed by atoms with E-state index >= 15 is 0 Å². The smallest absolute Gasteiger partial charge is 0.411 e. The Morgan fingerprint density at radius 1 is 1.19 bits per heavy atom. The normalized spacial score (nSPS) is 25.1. The number of carbonyl (C=O) groups is 3. The van der Waals surface area contributed by atoms with Gasteiger partial charge in [0.1, 0.15) is 17.2 Å². The lowest BCUT2D eigenvalue weighted by molar-refractivity contribution is -0.159. The molecule has 1 unspecified atom stereocenters. The van der Waals surface area contributed by atoms with E-state index in [1.165, 1.54) is 4.90 Å². The topological polar surface area (TPSA) is 87.2 Å². The van der Waals surface area contributed by atoms with Gasteiger partial charge in [0.05, 0.1) is 0 Å². The average molecular weight is 368 g/mol. The van der Waals surface area contributed by atoms with E-state index in [1.54, 1.807) is 25.7 Å². The number of aliphatic carboxylic acids is 1. The maximum Gasteiger partial charge on any atom is 0.411 e. The second-order valence-electron chi connectivity index (χ2n) is 8.85. The monoisotopic (exact) mass is 368 g/mol. The van der Waals surface area contributed by atoms with Gasteiger partial charge in [0.2, 0.25) is 5.91 Å². The summed E-state index contributed by atoms with van der Waals surface area (Å²) in [5.74, 6) is -1.06. The van der Waals surface area contributed by atoms with Crippen molar-refractivity contribution in [2.24, 2.45) is 5.92 Å². The SMILES string of the molecule is CC(C)CC(C(=O)O)N1CCC[C@]2(CCCN2C(=O)OC(C)(C)C)C1=O. The Kier molecular flexibility index (Phi) is 5.88. The van der Waals surface area contributed by atoms with Crippen LogP contribution in [0.5, 0.6) is 0 Å². The number of ether oxygens (including phenoxy) is 1. The third-order valence-corrected chi connectivity index (χ3v) is 5.11. The molecule has 2 saturated heterocycles. The molecule has 0 aromatic rings. The quantitative estimate of drug-likeness (QED) is 0.824. The van der Waals surface area contributed by atoms with Crippen LogP contribution in [-0.2, 0) is 14.3 Å². The third kappa shape index (κ3) is 4.13. The number of carboxylic acid groups (broad SMARTS) is 1. The van der Waals surface area contributed by atoms with Crippen molar-refractivity contribution >= 4 is 18.0 Å². The van der Waals surface area contributed by atoms with E-state index in [0.717, 1.165) is 6.42 Å². The molecule has 0 radical (unpaired) electrons. The van der Waals surface area contributed by atoms with Gasteiger partial charge in [-0.2, -0.15) is 0 Å². The Balaban J connectivity index is 2.28. The van der Waals surface area contributed by atoms with E-state index in [0.29, 0.717) is 38.8 Å². The Bertz CT molecular complexity index is 569. The molecule has 1 N–H and O–H groups in total. The van der Waals surface area contributed by atoms with Crippen LogP contribution in [0.3, 0.4) is 0 Å². The zero-order chi connectivity index (χ0) is 19.7. The van der Waals surface area contributed by atoms with Gasteiger partial charge in [-0.15, -0.1) is 0 Å². The van der Waals surface area contributed by atoms with Gasteiger partial charge in [0, 0.05) is 13.1 Å². The van der Waals surface area contributed by atoms with Crippen LogP contribution in [0.15, 0.2) is 0 Å². The van der Waals surface area contributed by atoms with Gasteiger partial charge < -0.3 is 14.7 Å². The summed E-state index contributed by atoms with van der Waals surface area (Å²) >= 11 is 0. The Labute approximate surface area is 155 Å². The number of likely N-dealkylation sites (tertiary alicyclic amines) is 2. The second-order valence-corrected chi connectivity index (χ2v) is 8.85. The Morgan fingerprint density at radius 2 is 1.77 bits per heavy atom. The molecule has 2 fully saturated rings. The number of hydrogen-bond donors (Lipinski definition) is 1. The van der Waals surface area contributed by atoms with Gasteiger partial charge in [-0.3, -0.25) is 9.69 Å². The summed E-state index contributed by atoms with van der Waals surface area (Å²) in [5.41, 5.74) is -1.59. The fourth-order valence-corrected chi connectivity index (χ4v) is 4.07. The summed E-state index contributed by atoms with van der Waals surface area (Å²) in [5, 5.41) is 9.65. The zero-order valence-corrected chi connectivity index (χ0v) is 16.6. The molecule has 0 bridgehead atoms. The van der Waals surface area contributed by atoms with Crippen molar-refractivity contribution in [3.8, 4) is 0 Å². The van der Waals surface area contributed by atoms with Gasteiger partial charge in [-0.1, -0.05) is 13.8 Å². The number of hydrogen-bond acceptors (Lipinski definition) is 4. The van der Waals surface area contributed by atoms with Crippen molar-refractivity contribution in [2.45, 2.75) is 83.9 Å². The number of nitrogens with zero attached hydrogens (tertiary/aromatic N) is 2. The van der Waals surface area contributed by atoms with E-state index in [-0.39, 0.29) is 11.8 Å². The second kappa shape index (κ2) is 7.45. The van der Waals surface area contributed by atoms with Crippen molar-refractivity contribution in [2.75, 3.05) is 13.1 Å². The van der Waals surface area contributed by atoms with Crippen molar-refractivity contribution in [3.63, 3.8) is 0 Å². The molecule has 2 heterocycles. The van der Waals surface area contributed by atoms with Gasteiger partial charge in [-0.05, 0) is 58.8 Å². The van der Waals surface area contributed by atoms with Crippen molar-refractivity contribution < 1.29 is 24.2 Å². The van der Waals surface area contributed by atoms with E-state index in [1.807, 2.05) is 13.8 Å². The zero-order valence-electron chi connectivity index (χ0n) is 16.6. The number of amides is 2. The molecular formula is C19H32N2O5. The summed E-state index contributed by atoms with van der Waals surface area (Å²) in [7, 11) is 0. The molecule has 7 nitrogen and oxygen atoms in total. The van der Waals surface area contributed by atoms with Crippen molar-refractivity contribution in [1.29, 1.82) is 0 Å². The lowest BCUT2D eigenvalue weighted by Crippen LogP contribution is -2.64. The first-order valence-electron chi connectivity index (χ1n) is 9.52. The molecule has 2 rings (SSSR count). The minimum absolute atomic E-state index is 0.160. The largest absolute Gasteiger partial charge is 0.480 e. The molecule has 0 aromatic heterocycles. The molecule has 148 valence electrons. The van der Waals surface area contributed by atoms with E-state index in [9.17, 15) is 19.5 Å². The van der Waals surface area contributed by atoms with Crippen LogP contribution in [0.25, 0.3) is 0 Å².